The minimum atomic E-state index is -3.84. The van der Waals surface area contributed by atoms with Crippen LogP contribution in [0.2, 0.25) is 0 Å². The average molecular weight is 427 g/mol. The van der Waals surface area contributed by atoms with Gasteiger partial charge in [0.25, 0.3) is 10.1 Å². The summed E-state index contributed by atoms with van der Waals surface area (Å²) < 4.78 is 35.1. The van der Waals surface area contributed by atoms with Crippen LogP contribution in [0.15, 0.2) is 29.2 Å². The Balaban J connectivity index is 0.000000313. The van der Waals surface area contributed by atoms with E-state index in [1.165, 1.54) is 38.3 Å². The number of aliphatic hydroxyl groups excluding tert-OH is 1. The topological polar surface area (TPSA) is 89.9 Å². The first-order valence-electron chi connectivity index (χ1n) is 10.5. The number of carbonyl (C=O) groups is 1. The van der Waals surface area contributed by atoms with Crippen LogP contribution in [0.4, 0.5) is 0 Å². The quantitative estimate of drug-likeness (QED) is 0.575. The van der Waals surface area contributed by atoms with E-state index < -0.39 is 28.3 Å². The van der Waals surface area contributed by atoms with E-state index in [1.54, 1.807) is 12.1 Å². The molecule has 4 atom stereocenters. The molecule has 1 N–H and O–H groups in total. The fourth-order valence-electron chi connectivity index (χ4n) is 3.74. The first-order valence-corrected chi connectivity index (χ1v) is 11.9. The lowest BCUT2D eigenvalue weighted by atomic mass is 9.88. The van der Waals surface area contributed by atoms with Crippen LogP contribution in [0.25, 0.3) is 0 Å². The van der Waals surface area contributed by atoms with Crippen molar-refractivity contribution in [1.82, 2.24) is 0 Å². The number of hydrogen-bond donors (Lipinski definition) is 1. The molecule has 164 valence electrons. The Morgan fingerprint density at radius 3 is 2.03 bits per heavy atom. The molecule has 0 aliphatic heterocycles. The number of rotatable bonds is 4. The fraction of sp³-hybridized carbons (Fsp3) is 0.682. The Labute approximate surface area is 174 Å². The minimum absolute atomic E-state index is 0.00347. The number of aryl methyl sites for hydroxylation is 1. The Morgan fingerprint density at radius 2 is 1.52 bits per heavy atom. The molecule has 0 spiro atoms. The van der Waals surface area contributed by atoms with Crippen molar-refractivity contribution in [3.05, 3.63) is 29.8 Å². The Bertz CT molecular complexity index is 733. The molecule has 1 aromatic rings. The van der Waals surface area contributed by atoms with Crippen LogP contribution in [0.1, 0.15) is 70.8 Å². The van der Waals surface area contributed by atoms with Gasteiger partial charge in [-0.05, 0) is 57.1 Å². The third-order valence-corrected chi connectivity index (χ3v) is 6.94. The molecule has 6 nitrogen and oxygen atoms in total. The first kappa shape index (κ1) is 23.8. The zero-order valence-electron chi connectivity index (χ0n) is 17.7. The molecule has 2 saturated carbocycles. The van der Waals surface area contributed by atoms with Gasteiger partial charge in [0, 0.05) is 6.92 Å². The zero-order chi connectivity index (χ0) is 21.4. The predicted molar refractivity (Wildman–Crippen MR) is 111 cm³/mol. The molecule has 0 unspecified atom stereocenters. The van der Waals surface area contributed by atoms with E-state index in [2.05, 4.69) is 6.92 Å². The molecule has 3 rings (SSSR count). The van der Waals surface area contributed by atoms with Gasteiger partial charge in [-0.2, -0.15) is 8.42 Å². The molecule has 1 aromatic carbocycles. The van der Waals surface area contributed by atoms with E-state index in [0.29, 0.717) is 18.8 Å². The van der Waals surface area contributed by atoms with E-state index in [9.17, 15) is 18.3 Å². The highest BCUT2D eigenvalue weighted by Gasteiger charge is 2.33. The van der Waals surface area contributed by atoms with E-state index in [4.69, 9.17) is 8.92 Å². The maximum atomic E-state index is 12.3. The van der Waals surface area contributed by atoms with Gasteiger partial charge < -0.3 is 9.84 Å². The van der Waals surface area contributed by atoms with Crippen molar-refractivity contribution in [2.45, 2.75) is 95.3 Å². The van der Waals surface area contributed by atoms with Crippen LogP contribution >= 0.6 is 0 Å². The summed E-state index contributed by atoms with van der Waals surface area (Å²) in [7, 11) is -3.84. The third-order valence-electron chi connectivity index (χ3n) is 5.59. The van der Waals surface area contributed by atoms with Crippen LogP contribution in [-0.2, 0) is 23.8 Å². The van der Waals surface area contributed by atoms with E-state index in [1.807, 2.05) is 6.92 Å². The summed E-state index contributed by atoms with van der Waals surface area (Å²) in [6.07, 6.45) is 6.69. The smallest absolute Gasteiger partial charge is 0.302 e. The molecule has 2 aliphatic rings. The van der Waals surface area contributed by atoms with Crippen molar-refractivity contribution in [2.24, 2.45) is 5.92 Å². The zero-order valence-corrected chi connectivity index (χ0v) is 18.5. The molecular weight excluding hydrogens is 392 g/mol. The molecule has 0 heterocycles. The van der Waals surface area contributed by atoms with Gasteiger partial charge in [0.2, 0.25) is 0 Å². The molecule has 0 saturated heterocycles. The molecule has 0 radical (unpaired) electrons. The van der Waals surface area contributed by atoms with Gasteiger partial charge in [-0.1, -0.05) is 43.9 Å². The van der Waals surface area contributed by atoms with Gasteiger partial charge in [-0.25, -0.2) is 0 Å². The Kier molecular flexibility index (Phi) is 9.11. The van der Waals surface area contributed by atoms with E-state index in [-0.39, 0.29) is 11.0 Å². The highest BCUT2D eigenvalue weighted by Crippen LogP contribution is 2.27. The number of ether oxygens (including phenoxy) is 1. The summed E-state index contributed by atoms with van der Waals surface area (Å²) in [4.78, 5) is 11.2. The SMILES string of the molecule is CC(=O)O[C@@H]1CCCC[C@@H]1OS(=O)(=O)c1ccc(C)cc1.C[C@H]1CCCC[C@H]1O. The number of hydrogen-bond acceptors (Lipinski definition) is 6. The second-order valence-electron chi connectivity index (χ2n) is 8.16. The summed E-state index contributed by atoms with van der Waals surface area (Å²) in [5.41, 5.74) is 0.976. The Hall–Kier alpha value is -1.44. The van der Waals surface area contributed by atoms with E-state index in [0.717, 1.165) is 24.8 Å². The van der Waals surface area contributed by atoms with Crippen molar-refractivity contribution in [1.29, 1.82) is 0 Å². The molecule has 0 amide bonds. The third kappa shape index (κ3) is 7.72. The maximum Gasteiger partial charge on any atom is 0.302 e. The second-order valence-corrected chi connectivity index (χ2v) is 9.74. The van der Waals surface area contributed by atoms with Gasteiger partial charge in [-0.3, -0.25) is 8.98 Å². The number of carbonyl (C=O) groups excluding carboxylic acids is 1. The van der Waals surface area contributed by atoms with Crippen LogP contribution in [-0.4, -0.2) is 37.8 Å². The summed E-state index contributed by atoms with van der Waals surface area (Å²) in [5, 5.41) is 9.18. The van der Waals surface area contributed by atoms with Gasteiger partial charge in [0.1, 0.15) is 12.2 Å². The van der Waals surface area contributed by atoms with Gasteiger partial charge >= 0.3 is 5.97 Å². The number of aliphatic hydroxyl groups is 1. The van der Waals surface area contributed by atoms with Crippen molar-refractivity contribution in [3.8, 4) is 0 Å². The summed E-state index contributed by atoms with van der Waals surface area (Å²) >= 11 is 0. The molecule has 0 aromatic heterocycles. The molecule has 2 fully saturated rings. The van der Waals surface area contributed by atoms with Crippen molar-refractivity contribution >= 4 is 16.1 Å². The largest absolute Gasteiger partial charge is 0.460 e. The summed E-state index contributed by atoms with van der Waals surface area (Å²) in [6, 6.07) is 6.49. The second kappa shape index (κ2) is 11.1. The van der Waals surface area contributed by atoms with Gasteiger partial charge in [0.15, 0.2) is 0 Å². The predicted octanol–water partition coefficient (Wildman–Crippen LogP) is 4.13. The van der Waals surface area contributed by atoms with Crippen molar-refractivity contribution in [2.75, 3.05) is 0 Å². The van der Waals surface area contributed by atoms with Gasteiger partial charge in [-0.15, -0.1) is 0 Å². The van der Waals surface area contributed by atoms with Crippen LogP contribution in [0.5, 0.6) is 0 Å². The minimum Gasteiger partial charge on any atom is -0.460 e. The highest BCUT2D eigenvalue weighted by atomic mass is 32.2. The molecular formula is C22H34O6S. The van der Waals surface area contributed by atoms with E-state index >= 15 is 0 Å². The summed E-state index contributed by atoms with van der Waals surface area (Å²) in [6.45, 7) is 5.33. The lowest BCUT2D eigenvalue weighted by Crippen LogP contribution is -2.37. The maximum absolute atomic E-state index is 12.3. The number of esters is 1. The highest BCUT2D eigenvalue weighted by molar-refractivity contribution is 7.86. The average Bonchev–Trinajstić information content (AvgIpc) is 2.66. The van der Waals surface area contributed by atoms with Crippen LogP contribution in [0, 0.1) is 12.8 Å². The first-order chi connectivity index (χ1) is 13.7. The van der Waals surface area contributed by atoms with Crippen LogP contribution < -0.4 is 0 Å². The molecule has 29 heavy (non-hydrogen) atoms. The van der Waals surface area contributed by atoms with Crippen LogP contribution in [0.3, 0.4) is 0 Å². The van der Waals surface area contributed by atoms with Crippen molar-refractivity contribution in [3.63, 3.8) is 0 Å². The molecule has 7 heteroatoms. The standard InChI is InChI=1S/C15H20O5S.C7H14O/c1-11-7-9-13(10-8-11)21(17,18)20-15-6-4-3-5-14(15)19-12(2)16;1-6-4-2-3-5-7(6)8/h7-10,14-15H,3-6H2,1-2H3;6-8H,2-5H2,1H3/t14-,15+;6-,7+/m10/s1. The lowest BCUT2D eigenvalue weighted by Gasteiger charge is -2.30. The molecule has 0 bridgehead atoms. The lowest BCUT2D eigenvalue weighted by molar-refractivity contribution is -0.153. The summed E-state index contributed by atoms with van der Waals surface area (Å²) in [5.74, 6) is 0.145. The number of benzene rings is 1. The molecule has 2 aliphatic carbocycles. The normalized spacial score (nSPS) is 27.4. The monoisotopic (exact) mass is 426 g/mol. The van der Waals surface area contributed by atoms with Crippen molar-refractivity contribution < 1.29 is 27.2 Å². The Morgan fingerprint density at radius 1 is 0.966 bits per heavy atom. The fourth-order valence-corrected chi connectivity index (χ4v) is 4.87. The van der Waals surface area contributed by atoms with Gasteiger partial charge in [0.05, 0.1) is 11.0 Å².